The van der Waals surface area contributed by atoms with Crippen LogP contribution < -0.4 is 10.6 Å². The fourth-order valence-corrected chi connectivity index (χ4v) is 3.57. The van der Waals surface area contributed by atoms with Gasteiger partial charge in [-0.05, 0) is 57.5 Å². The van der Waals surface area contributed by atoms with Crippen molar-refractivity contribution < 1.29 is 24.2 Å². The molecular formula is C22H34N4O5. The quantitative estimate of drug-likeness (QED) is 0.436. The first-order valence-corrected chi connectivity index (χ1v) is 10.7. The van der Waals surface area contributed by atoms with Gasteiger partial charge in [0, 0.05) is 50.6 Å². The van der Waals surface area contributed by atoms with Crippen LogP contribution >= 0.6 is 0 Å². The monoisotopic (exact) mass is 434 g/mol. The Morgan fingerprint density at radius 3 is 2.61 bits per heavy atom. The first-order chi connectivity index (χ1) is 14.9. The summed E-state index contributed by atoms with van der Waals surface area (Å²) in [6, 6.07) is 5.41. The predicted molar refractivity (Wildman–Crippen MR) is 118 cm³/mol. The second-order valence-electron chi connectivity index (χ2n) is 7.88. The molecule has 0 bridgehead atoms. The molecule has 2 saturated heterocycles. The Morgan fingerprint density at radius 2 is 1.97 bits per heavy atom. The van der Waals surface area contributed by atoms with Gasteiger partial charge >= 0.3 is 0 Å². The maximum absolute atomic E-state index is 12.5. The van der Waals surface area contributed by atoms with E-state index in [4.69, 9.17) is 14.6 Å². The van der Waals surface area contributed by atoms with Gasteiger partial charge in [0.25, 0.3) is 18.3 Å². The van der Waals surface area contributed by atoms with Gasteiger partial charge < -0.3 is 30.3 Å². The van der Waals surface area contributed by atoms with E-state index >= 15 is 0 Å². The number of likely N-dealkylation sites (N-methyl/N-ethyl adjacent to an activating group) is 1. The number of piperazine rings is 1. The van der Waals surface area contributed by atoms with Crippen molar-refractivity contribution in [2.75, 3.05) is 58.2 Å². The Kier molecular flexibility index (Phi) is 10.4. The summed E-state index contributed by atoms with van der Waals surface area (Å²) in [4.78, 5) is 37.9. The molecule has 1 aromatic carbocycles. The maximum Gasteiger partial charge on any atom is 0.290 e. The lowest BCUT2D eigenvalue weighted by Crippen LogP contribution is -2.45. The molecule has 0 spiro atoms. The van der Waals surface area contributed by atoms with E-state index in [9.17, 15) is 9.59 Å². The summed E-state index contributed by atoms with van der Waals surface area (Å²) in [5.74, 6) is -0.240. The first-order valence-electron chi connectivity index (χ1n) is 10.7. The summed E-state index contributed by atoms with van der Waals surface area (Å²) >= 11 is 0. The van der Waals surface area contributed by atoms with Gasteiger partial charge in [-0.25, -0.2) is 0 Å². The van der Waals surface area contributed by atoms with Gasteiger partial charge in [-0.15, -0.1) is 0 Å². The van der Waals surface area contributed by atoms with Crippen LogP contribution in [0, 0.1) is 6.92 Å². The van der Waals surface area contributed by atoms with E-state index in [-0.39, 0.29) is 24.4 Å². The summed E-state index contributed by atoms with van der Waals surface area (Å²) in [5.41, 5.74) is 2.16. The molecule has 3 N–H and O–H groups in total. The smallest absolute Gasteiger partial charge is 0.290 e. The number of carbonyl (C=O) groups is 3. The lowest BCUT2D eigenvalue weighted by Gasteiger charge is -2.32. The topological polar surface area (TPSA) is 111 Å². The van der Waals surface area contributed by atoms with Crippen LogP contribution in [0.1, 0.15) is 35.2 Å². The fraction of sp³-hybridized carbons (Fsp3) is 0.591. The van der Waals surface area contributed by atoms with Crippen molar-refractivity contribution in [1.82, 2.24) is 15.1 Å². The van der Waals surface area contributed by atoms with Gasteiger partial charge in [0.15, 0.2) is 0 Å². The second kappa shape index (κ2) is 13.0. The maximum atomic E-state index is 12.5. The van der Waals surface area contributed by atoms with Crippen LogP contribution in [0.3, 0.4) is 0 Å². The van der Waals surface area contributed by atoms with Crippen molar-refractivity contribution >= 4 is 24.0 Å². The normalized spacial score (nSPS) is 19.2. The van der Waals surface area contributed by atoms with E-state index in [0.29, 0.717) is 24.4 Å². The minimum Gasteiger partial charge on any atom is -0.483 e. The van der Waals surface area contributed by atoms with Crippen molar-refractivity contribution in [1.29, 1.82) is 0 Å². The van der Waals surface area contributed by atoms with Crippen molar-refractivity contribution in [2.24, 2.45) is 0 Å². The van der Waals surface area contributed by atoms with Crippen molar-refractivity contribution in [3.63, 3.8) is 0 Å². The number of nitrogens with one attached hydrogen (secondary N) is 2. The molecule has 1 unspecified atom stereocenters. The SMILES string of the molecule is Cc1ccc(C(=O)NCCCN2CCN(C)CC2)cc1NC(=O)C1CCCO1.O=CO. The van der Waals surface area contributed by atoms with Gasteiger partial charge in [0.2, 0.25) is 0 Å². The molecule has 9 nitrogen and oxygen atoms in total. The van der Waals surface area contributed by atoms with Crippen molar-refractivity contribution in [3.05, 3.63) is 29.3 Å². The molecule has 0 radical (unpaired) electrons. The van der Waals surface area contributed by atoms with Crippen LogP contribution in [0.25, 0.3) is 0 Å². The minimum absolute atomic E-state index is 0.106. The highest BCUT2D eigenvalue weighted by Gasteiger charge is 2.24. The Bertz CT molecular complexity index is 729. The number of nitrogens with zero attached hydrogens (tertiary/aromatic N) is 2. The highest BCUT2D eigenvalue weighted by Crippen LogP contribution is 2.20. The molecule has 31 heavy (non-hydrogen) atoms. The Labute approximate surface area is 183 Å². The van der Waals surface area contributed by atoms with E-state index in [0.717, 1.165) is 57.5 Å². The minimum atomic E-state index is -0.383. The summed E-state index contributed by atoms with van der Waals surface area (Å²) in [7, 11) is 2.15. The van der Waals surface area contributed by atoms with Crippen LogP contribution in [0.4, 0.5) is 5.69 Å². The van der Waals surface area contributed by atoms with Gasteiger partial charge in [0.05, 0.1) is 0 Å². The molecule has 9 heteroatoms. The highest BCUT2D eigenvalue weighted by atomic mass is 16.5. The zero-order chi connectivity index (χ0) is 22.6. The molecule has 2 aliphatic rings. The number of rotatable bonds is 7. The molecule has 2 fully saturated rings. The number of amides is 2. The third-order valence-electron chi connectivity index (χ3n) is 5.51. The molecule has 0 aliphatic carbocycles. The van der Waals surface area contributed by atoms with E-state index in [1.807, 2.05) is 13.0 Å². The van der Waals surface area contributed by atoms with E-state index in [1.165, 1.54) is 0 Å². The number of anilines is 1. The molecule has 0 aromatic heterocycles. The molecule has 1 aromatic rings. The molecule has 1 atom stereocenters. The second-order valence-corrected chi connectivity index (χ2v) is 7.88. The number of carbonyl (C=O) groups excluding carboxylic acids is 2. The standard InChI is InChI=1S/C21H32N4O3.CH2O2/c1-16-6-7-17(15-18(16)23-21(27)19-5-3-14-28-19)20(26)22-8-4-9-25-12-10-24(2)11-13-25;2-1-3/h6-7,15,19H,3-5,8-14H2,1-2H3,(H,22,26)(H,23,27);1H,(H,2,3). The summed E-state index contributed by atoms with van der Waals surface area (Å²) in [6.07, 6.45) is 2.21. The average Bonchev–Trinajstić information content (AvgIpc) is 3.29. The molecular weight excluding hydrogens is 400 g/mol. The van der Waals surface area contributed by atoms with Crippen molar-refractivity contribution in [2.45, 2.75) is 32.3 Å². The van der Waals surface area contributed by atoms with Crippen LogP contribution in [0.5, 0.6) is 0 Å². The predicted octanol–water partition coefficient (Wildman–Crippen LogP) is 1.18. The molecule has 3 rings (SSSR count). The number of ether oxygens (including phenoxy) is 1. The van der Waals surface area contributed by atoms with Crippen LogP contribution in [0.15, 0.2) is 18.2 Å². The Hall–Kier alpha value is -2.49. The molecule has 2 amide bonds. The number of hydrogen-bond acceptors (Lipinski definition) is 6. The van der Waals surface area contributed by atoms with E-state index in [2.05, 4.69) is 27.5 Å². The van der Waals surface area contributed by atoms with Crippen LogP contribution in [-0.2, 0) is 14.3 Å². The Morgan fingerprint density at radius 1 is 1.26 bits per heavy atom. The van der Waals surface area contributed by atoms with E-state index in [1.54, 1.807) is 12.1 Å². The first kappa shape index (κ1) is 24.8. The lowest BCUT2D eigenvalue weighted by atomic mass is 10.1. The van der Waals surface area contributed by atoms with Crippen molar-refractivity contribution in [3.8, 4) is 0 Å². The van der Waals surface area contributed by atoms with Crippen LogP contribution in [-0.4, -0.2) is 92.2 Å². The van der Waals surface area contributed by atoms with Crippen LogP contribution in [0.2, 0.25) is 0 Å². The number of carboxylic acid groups (broad SMARTS) is 1. The van der Waals surface area contributed by atoms with Gasteiger partial charge in [0.1, 0.15) is 6.10 Å². The number of aryl methyl sites for hydroxylation is 1. The number of benzene rings is 1. The fourth-order valence-electron chi connectivity index (χ4n) is 3.57. The third-order valence-corrected chi connectivity index (χ3v) is 5.51. The largest absolute Gasteiger partial charge is 0.483 e. The van der Waals surface area contributed by atoms with E-state index < -0.39 is 0 Å². The number of hydrogen-bond donors (Lipinski definition) is 3. The molecule has 2 aliphatic heterocycles. The van der Waals surface area contributed by atoms with Gasteiger partial charge in [-0.2, -0.15) is 0 Å². The third kappa shape index (κ3) is 8.28. The lowest BCUT2D eigenvalue weighted by molar-refractivity contribution is -0.125. The zero-order valence-corrected chi connectivity index (χ0v) is 18.4. The van der Waals surface area contributed by atoms with Gasteiger partial charge in [-0.3, -0.25) is 14.4 Å². The summed E-state index contributed by atoms with van der Waals surface area (Å²) < 4.78 is 5.43. The average molecular weight is 435 g/mol. The highest BCUT2D eigenvalue weighted by molar-refractivity contribution is 5.99. The molecule has 172 valence electrons. The summed E-state index contributed by atoms with van der Waals surface area (Å²) in [6.45, 7) is 8.36. The van der Waals surface area contributed by atoms with Gasteiger partial charge in [-0.1, -0.05) is 6.07 Å². The molecule has 2 heterocycles. The zero-order valence-electron chi connectivity index (χ0n) is 18.4. The molecule has 0 saturated carbocycles. The Balaban J connectivity index is 0.00000107. The summed E-state index contributed by atoms with van der Waals surface area (Å²) in [5, 5.41) is 12.8.